The van der Waals surface area contributed by atoms with E-state index in [0.717, 1.165) is 78.0 Å². The number of amides is 1. The number of benzene rings is 1. The molecule has 3 saturated heterocycles. The monoisotopic (exact) mass is 372 g/mol. The zero-order valence-electron chi connectivity index (χ0n) is 16.3. The molecular formula is C22H32N2O3. The van der Waals surface area contributed by atoms with Crippen LogP contribution in [-0.2, 0) is 20.7 Å². The molecule has 0 radical (unpaired) electrons. The molecule has 0 bridgehead atoms. The van der Waals surface area contributed by atoms with E-state index in [2.05, 4.69) is 40.1 Å². The largest absolute Gasteiger partial charge is 0.347 e. The maximum Gasteiger partial charge on any atom is 0.223 e. The second-order valence-corrected chi connectivity index (χ2v) is 8.21. The van der Waals surface area contributed by atoms with Gasteiger partial charge in [-0.05, 0) is 30.7 Å². The lowest BCUT2D eigenvalue weighted by Crippen LogP contribution is -2.46. The van der Waals surface area contributed by atoms with Crippen LogP contribution in [0.3, 0.4) is 0 Å². The van der Waals surface area contributed by atoms with Gasteiger partial charge in [0.1, 0.15) is 0 Å². The van der Waals surface area contributed by atoms with Crippen molar-refractivity contribution in [1.29, 1.82) is 0 Å². The summed E-state index contributed by atoms with van der Waals surface area (Å²) in [5, 5.41) is 0. The summed E-state index contributed by atoms with van der Waals surface area (Å²) in [5.74, 6) is 0.712. The summed E-state index contributed by atoms with van der Waals surface area (Å²) < 4.78 is 11.6. The molecule has 3 aliphatic heterocycles. The SMILES string of the molecule is O=C(CCN1CCC2(CC1)OCCO2)N1CCC(Cc2ccccc2)CC1. The van der Waals surface area contributed by atoms with Gasteiger partial charge in [0.25, 0.3) is 0 Å². The Morgan fingerprint density at radius 3 is 2.33 bits per heavy atom. The number of ether oxygens (including phenoxy) is 2. The standard InChI is InChI=1S/C22H32N2O3/c25-21(8-11-23-14-9-22(10-15-23)26-16-17-27-22)24-12-6-20(7-13-24)18-19-4-2-1-3-5-19/h1-5,20H,6-18H2. The molecule has 0 N–H and O–H groups in total. The van der Waals surface area contributed by atoms with Gasteiger partial charge in [-0.2, -0.15) is 0 Å². The Labute approximate surface area is 162 Å². The summed E-state index contributed by atoms with van der Waals surface area (Å²) in [6, 6.07) is 10.7. The van der Waals surface area contributed by atoms with Crippen LogP contribution in [0.15, 0.2) is 30.3 Å². The minimum Gasteiger partial charge on any atom is -0.347 e. The molecule has 5 heteroatoms. The Morgan fingerprint density at radius 2 is 1.67 bits per heavy atom. The fraction of sp³-hybridized carbons (Fsp3) is 0.682. The lowest BCUT2D eigenvalue weighted by molar-refractivity contribution is -0.185. The number of carbonyl (C=O) groups excluding carboxylic acids is 1. The van der Waals surface area contributed by atoms with Gasteiger partial charge in [-0.25, -0.2) is 0 Å². The van der Waals surface area contributed by atoms with Gasteiger partial charge in [-0.15, -0.1) is 0 Å². The van der Waals surface area contributed by atoms with Crippen molar-refractivity contribution >= 4 is 5.91 Å². The maximum atomic E-state index is 12.6. The van der Waals surface area contributed by atoms with Crippen LogP contribution in [0.2, 0.25) is 0 Å². The smallest absolute Gasteiger partial charge is 0.223 e. The third kappa shape index (κ3) is 4.89. The summed E-state index contributed by atoms with van der Waals surface area (Å²) in [6.07, 6.45) is 5.88. The quantitative estimate of drug-likeness (QED) is 0.797. The molecule has 3 heterocycles. The Bertz CT molecular complexity index is 597. The summed E-state index contributed by atoms with van der Waals surface area (Å²) in [5.41, 5.74) is 1.42. The Morgan fingerprint density at radius 1 is 1.00 bits per heavy atom. The number of hydrogen-bond acceptors (Lipinski definition) is 4. The molecule has 3 fully saturated rings. The van der Waals surface area contributed by atoms with Crippen LogP contribution in [0, 0.1) is 5.92 Å². The van der Waals surface area contributed by atoms with Crippen molar-refractivity contribution in [2.75, 3.05) is 45.9 Å². The molecule has 4 rings (SSSR count). The second kappa shape index (κ2) is 8.72. The van der Waals surface area contributed by atoms with Crippen molar-refractivity contribution < 1.29 is 14.3 Å². The van der Waals surface area contributed by atoms with Gasteiger partial charge in [0.2, 0.25) is 5.91 Å². The molecule has 0 saturated carbocycles. The number of rotatable bonds is 5. The van der Waals surface area contributed by atoms with Gasteiger partial charge in [0.05, 0.1) is 13.2 Å². The fourth-order valence-corrected chi connectivity index (χ4v) is 4.65. The van der Waals surface area contributed by atoms with Crippen molar-refractivity contribution in [3.63, 3.8) is 0 Å². The molecule has 5 nitrogen and oxygen atoms in total. The van der Waals surface area contributed by atoms with Crippen LogP contribution < -0.4 is 0 Å². The minimum atomic E-state index is -0.318. The van der Waals surface area contributed by atoms with E-state index in [1.54, 1.807) is 0 Å². The zero-order chi connectivity index (χ0) is 18.5. The normalized spacial score (nSPS) is 23.8. The molecule has 0 atom stereocenters. The predicted octanol–water partition coefficient (Wildman–Crippen LogP) is 2.70. The highest BCUT2D eigenvalue weighted by Gasteiger charge is 2.39. The maximum absolute atomic E-state index is 12.6. The first-order valence-electron chi connectivity index (χ1n) is 10.5. The summed E-state index contributed by atoms with van der Waals surface area (Å²) in [4.78, 5) is 17.1. The highest BCUT2D eigenvalue weighted by Crippen LogP contribution is 2.31. The Hall–Kier alpha value is -1.43. The molecule has 148 valence electrons. The van der Waals surface area contributed by atoms with E-state index in [1.807, 2.05) is 0 Å². The van der Waals surface area contributed by atoms with Crippen LogP contribution in [0.4, 0.5) is 0 Å². The lowest BCUT2D eigenvalue weighted by atomic mass is 9.90. The van der Waals surface area contributed by atoms with Gasteiger partial charge < -0.3 is 19.3 Å². The molecule has 0 aliphatic carbocycles. The zero-order valence-corrected chi connectivity index (χ0v) is 16.3. The average molecular weight is 373 g/mol. The van der Waals surface area contributed by atoms with Crippen molar-refractivity contribution in [2.24, 2.45) is 5.92 Å². The topological polar surface area (TPSA) is 42.0 Å². The van der Waals surface area contributed by atoms with E-state index in [0.29, 0.717) is 18.2 Å². The van der Waals surface area contributed by atoms with Gasteiger partial charge in [0, 0.05) is 52.0 Å². The number of piperidine rings is 2. The Balaban J connectivity index is 1.15. The first-order valence-corrected chi connectivity index (χ1v) is 10.5. The fourth-order valence-electron chi connectivity index (χ4n) is 4.65. The van der Waals surface area contributed by atoms with E-state index in [4.69, 9.17) is 9.47 Å². The third-order valence-corrected chi connectivity index (χ3v) is 6.41. The van der Waals surface area contributed by atoms with Gasteiger partial charge in [-0.3, -0.25) is 4.79 Å². The molecule has 3 aliphatic rings. The van der Waals surface area contributed by atoms with Gasteiger partial charge in [-0.1, -0.05) is 30.3 Å². The first-order chi connectivity index (χ1) is 13.2. The number of carbonyl (C=O) groups is 1. The van der Waals surface area contributed by atoms with E-state index in [1.165, 1.54) is 5.56 Å². The van der Waals surface area contributed by atoms with E-state index < -0.39 is 0 Å². The van der Waals surface area contributed by atoms with Crippen LogP contribution >= 0.6 is 0 Å². The second-order valence-electron chi connectivity index (χ2n) is 8.21. The van der Waals surface area contributed by atoms with Crippen LogP contribution in [0.1, 0.15) is 37.7 Å². The van der Waals surface area contributed by atoms with Gasteiger partial charge in [0.15, 0.2) is 5.79 Å². The lowest BCUT2D eigenvalue weighted by Gasteiger charge is -2.38. The van der Waals surface area contributed by atoms with Crippen molar-refractivity contribution in [3.8, 4) is 0 Å². The number of nitrogens with zero attached hydrogens (tertiary/aromatic N) is 2. The molecule has 1 aromatic rings. The minimum absolute atomic E-state index is 0.318. The number of likely N-dealkylation sites (tertiary alicyclic amines) is 2. The van der Waals surface area contributed by atoms with Crippen LogP contribution in [-0.4, -0.2) is 67.4 Å². The molecular weight excluding hydrogens is 340 g/mol. The first kappa shape index (κ1) is 18.9. The molecule has 27 heavy (non-hydrogen) atoms. The summed E-state index contributed by atoms with van der Waals surface area (Å²) in [6.45, 7) is 6.07. The van der Waals surface area contributed by atoms with Crippen molar-refractivity contribution in [3.05, 3.63) is 35.9 Å². The summed E-state index contributed by atoms with van der Waals surface area (Å²) >= 11 is 0. The van der Waals surface area contributed by atoms with E-state index in [9.17, 15) is 4.79 Å². The molecule has 0 unspecified atom stereocenters. The third-order valence-electron chi connectivity index (χ3n) is 6.41. The van der Waals surface area contributed by atoms with Crippen molar-refractivity contribution in [2.45, 2.75) is 44.3 Å². The average Bonchev–Trinajstić information content (AvgIpc) is 3.17. The van der Waals surface area contributed by atoms with E-state index >= 15 is 0 Å². The molecule has 1 amide bonds. The predicted molar refractivity (Wildman–Crippen MR) is 104 cm³/mol. The highest BCUT2D eigenvalue weighted by molar-refractivity contribution is 5.76. The van der Waals surface area contributed by atoms with E-state index in [-0.39, 0.29) is 5.79 Å². The highest BCUT2D eigenvalue weighted by atomic mass is 16.7. The van der Waals surface area contributed by atoms with Crippen molar-refractivity contribution in [1.82, 2.24) is 9.80 Å². The molecule has 1 aromatic carbocycles. The number of hydrogen-bond donors (Lipinski definition) is 0. The van der Waals surface area contributed by atoms with Crippen LogP contribution in [0.25, 0.3) is 0 Å². The van der Waals surface area contributed by atoms with Crippen LogP contribution in [0.5, 0.6) is 0 Å². The molecule has 0 aromatic heterocycles. The Kier molecular flexibility index (Phi) is 6.11. The summed E-state index contributed by atoms with van der Waals surface area (Å²) in [7, 11) is 0. The van der Waals surface area contributed by atoms with Gasteiger partial charge >= 0.3 is 0 Å². The molecule has 1 spiro atoms.